The number of benzene rings is 1. The van der Waals surface area contributed by atoms with E-state index in [1.54, 1.807) is 24.7 Å². The van der Waals surface area contributed by atoms with Gasteiger partial charge < -0.3 is 15.1 Å². The number of aromatic amines is 1. The van der Waals surface area contributed by atoms with Crippen LogP contribution < -0.4 is 5.73 Å². The van der Waals surface area contributed by atoms with E-state index < -0.39 is 6.04 Å². The first-order valence-corrected chi connectivity index (χ1v) is 5.86. The molecule has 0 unspecified atom stereocenters. The van der Waals surface area contributed by atoms with Crippen LogP contribution in [0.5, 0.6) is 0 Å². The molecule has 6 nitrogen and oxygen atoms in total. The summed E-state index contributed by atoms with van der Waals surface area (Å²) in [5.41, 5.74) is 7.90. The number of oxazole rings is 1. The molecule has 0 saturated heterocycles. The second kappa shape index (κ2) is 4.66. The summed E-state index contributed by atoms with van der Waals surface area (Å²) < 4.78 is 5.40. The summed E-state index contributed by atoms with van der Waals surface area (Å²) in [7, 11) is 0. The van der Waals surface area contributed by atoms with Gasteiger partial charge in [0.05, 0.1) is 12.4 Å². The Morgan fingerprint density at radius 2 is 2.26 bits per heavy atom. The number of rotatable bonds is 4. The SMILES string of the molecule is N[C@@H](Cc1cnc[nH]1)C(=O)c1nc2ccccc2o1. The highest BCUT2D eigenvalue weighted by Crippen LogP contribution is 2.16. The second-order valence-corrected chi connectivity index (χ2v) is 4.24. The van der Waals surface area contributed by atoms with Gasteiger partial charge >= 0.3 is 0 Å². The number of nitrogens with one attached hydrogen (secondary N) is 1. The summed E-state index contributed by atoms with van der Waals surface area (Å²) in [6, 6.07) is 6.51. The van der Waals surface area contributed by atoms with Crippen molar-refractivity contribution in [2.24, 2.45) is 5.73 Å². The summed E-state index contributed by atoms with van der Waals surface area (Å²) in [5.74, 6) is -0.265. The van der Waals surface area contributed by atoms with Gasteiger partial charge in [0, 0.05) is 18.3 Å². The van der Waals surface area contributed by atoms with E-state index in [9.17, 15) is 4.79 Å². The predicted octanol–water partition coefficient (Wildman–Crippen LogP) is 1.30. The maximum absolute atomic E-state index is 12.1. The smallest absolute Gasteiger partial charge is 0.265 e. The molecule has 0 amide bonds. The van der Waals surface area contributed by atoms with Crippen LogP contribution in [0.2, 0.25) is 0 Å². The maximum atomic E-state index is 12.1. The first-order valence-electron chi connectivity index (χ1n) is 5.86. The maximum Gasteiger partial charge on any atom is 0.265 e. The minimum Gasteiger partial charge on any atom is -0.434 e. The quantitative estimate of drug-likeness (QED) is 0.686. The van der Waals surface area contributed by atoms with E-state index in [1.807, 2.05) is 12.1 Å². The number of nitrogens with two attached hydrogens (primary N) is 1. The molecule has 2 heterocycles. The summed E-state index contributed by atoms with van der Waals surface area (Å²) in [6.07, 6.45) is 3.56. The van der Waals surface area contributed by atoms with Crippen LogP contribution in [0.25, 0.3) is 11.1 Å². The number of fused-ring (bicyclic) bond motifs is 1. The molecule has 3 rings (SSSR count). The van der Waals surface area contributed by atoms with Gasteiger partial charge in [-0.3, -0.25) is 4.79 Å². The number of para-hydroxylation sites is 2. The van der Waals surface area contributed by atoms with Crippen LogP contribution in [0.4, 0.5) is 0 Å². The van der Waals surface area contributed by atoms with Crippen molar-refractivity contribution in [2.45, 2.75) is 12.5 Å². The lowest BCUT2D eigenvalue weighted by molar-refractivity contribution is 0.0928. The Bertz CT molecular complexity index is 669. The average molecular weight is 256 g/mol. The first kappa shape index (κ1) is 11.6. The van der Waals surface area contributed by atoms with Gasteiger partial charge in [-0.1, -0.05) is 12.1 Å². The number of Topliss-reactive ketones (excluding diaryl/α,β-unsaturated/α-hetero) is 1. The molecule has 0 radical (unpaired) electrons. The highest BCUT2D eigenvalue weighted by Gasteiger charge is 2.22. The van der Waals surface area contributed by atoms with E-state index >= 15 is 0 Å². The van der Waals surface area contributed by atoms with Crippen LogP contribution in [0, 0.1) is 0 Å². The number of aromatic nitrogens is 3. The third kappa shape index (κ3) is 2.25. The van der Waals surface area contributed by atoms with Crippen LogP contribution in [0.3, 0.4) is 0 Å². The molecule has 0 aliphatic heterocycles. The van der Waals surface area contributed by atoms with Crippen molar-refractivity contribution in [1.29, 1.82) is 0 Å². The molecule has 0 aliphatic rings. The Kier molecular flexibility index (Phi) is 2.85. The van der Waals surface area contributed by atoms with Gasteiger partial charge in [-0.25, -0.2) is 9.97 Å². The number of carbonyl (C=O) groups is 1. The normalized spacial score (nSPS) is 12.7. The van der Waals surface area contributed by atoms with Crippen LogP contribution >= 0.6 is 0 Å². The van der Waals surface area contributed by atoms with Crippen molar-refractivity contribution in [1.82, 2.24) is 15.0 Å². The van der Waals surface area contributed by atoms with Crippen LogP contribution in [0.1, 0.15) is 16.4 Å². The van der Waals surface area contributed by atoms with Crippen LogP contribution in [-0.4, -0.2) is 26.8 Å². The fourth-order valence-corrected chi connectivity index (χ4v) is 1.86. The molecule has 1 aromatic carbocycles. The van der Waals surface area contributed by atoms with Gasteiger partial charge in [-0.15, -0.1) is 0 Å². The largest absolute Gasteiger partial charge is 0.434 e. The fourth-order valence-electron chi connectivity index (χ4n) is 1.86. The molecular weight excluding hydrogens is 244 g/mol. The molecule has 0 aliphatic carbocycles. The molecule has 3 N–H and O–H groups in total. The van der Waals surface area contributed by atoms with E-state index in [0.717, 1.165) is 5.69 Å². The van der Waals surface area contributed by atoms with E-state index in [2.05, 4.69) is 15.0 Å². The van der Waals surface area contributed by atoms with Crippen molar-refractivity contribution in [3.63, 3.8) is 0 Å². The summed E-state index contributed by atoms with van der Waals surface area (Å²) in [6.45, 7) is 0. The standard InChI is InChI=1S/C13H12N4O2/c14-9(5-8-6-15-7-16-8)12(18)13-17-10-3-1-2-4-11(10)19-13/h1-4,6-7,9H,5,14H2,(H,15,16)/t9-/m0/s1. The van der Waals surface area contributed by atoms with E-state index in [-0.39, 0.29) is 11.7 Å². The first-order chi connectivity index (χ1) is 9.24. The van der Waals surface area contributed by atoms with Crippen molar-refractivity contribution in [3.8, 4) is 0 Å². The topological polar surface area (TPSA) is 97.8 Å². The van der Waals surface area contributed by atoms with Crippen LogP contribution in [0.15, 0.2) is 41.2 Å². The van der Waals surface area contributed by atoms with Gasteiger partial charge in [0.25, 0.3) is 5.89 Å². The molecule has 0 spiro atoms. The number of imidazole rings is 1. The lowest BCUT2D eigenvalue weighted by Crippen LogP contribution is -2.33. The summed E-state index contributed by atoms with van der Waals surface area (Å²) >= 11 is 0. The highest BCUT2D eigenvalue weighted by molar-refractivity contribution is 5.98. The van der Waals surface area contributed by atoms with Gasteiger partial charge in [0.15, 0.2) is 5.58 Å². The van der Waals surface area contributed by atoms with E-state index in [1.165, 1.54) is 0 Å². The van der Waals surface area contributed by atoms with E-state index in [0.29, 0.717) is 17.5 Å². The van der Waals surface area contributed by atoms with Crippen molar-refractivity contribution < 1.29 is 9.21 Å². The minimum atomic E-state index is -0.700. The van der Waals surface area contributed by atoms with Gasteiger partial charge in [-0.2, -0.15) is 0 Å². The molecule has 1 atom stereocenters. The lowest BCUT2D eigenvalue weighted by atomic mass is 10.1. The number of H-pyrrole nitrogens is 1. The van der Waals surface area contributed by atoms with Gasteiger partial charge in [0.1, 0.15) is 5.52 Å². The van der Waals surface area contributed by atoms with Gasteiger partial charge in [-0.05, 0) is 12.1 Å². The average Bonchev–Trinajstić information content (AvgIpc) is 3.05. The molecule has 3 aromatic rings. The van der Waals surface area contributed by atoms with E-state index in [4.69, 9.17) is 10.2 Å². The number of hydrogen-bond acceptors (Lipinski definition) is 5. The predicted molar refractivity (Wildman–Crippen MR) is 68.6 cm³/mol. The lowest BCUT2D eigenvalue weighted by Gasteiger charge is -2.05. The molecular formula is C13H12N4O2. The zero-order valence-corrected chi connectivity index (χ0v) is 10.0. The molecule has 0 fully saturated rings. The number of nitrogens with zero attached hydrogens (tertiary/aromatic N) is 2. The Morgan fingerprint density at radius 1 is 1.42 bits per heavy atom. The Labute approximate surface area is 108 Å². The molecule has 0 bridgehead atoms. The molecule has 0 saturated carbocycles. The van der Waals surface area contributed by atoms with Crippen molar-refractivity contribution in [2.75, 3.05) is 0 Å². The van der Waals surface area contributed by atoms with Crippen molar-refractivity contribution in [3.05, 3.63) is 48.4 Å². The third-order valence-electron chi connectivity index (χ3n) is 2.84. The monoisotopic (exact) mass is 256 g/mol. The Morgan fingerprint density at radius 3 is 3.00 bits per heavy atom. The van der Waals surface area contributed by atoms with Crippen LogP contribution in [-0.2, 0) is 6.42 Å². The highest BCUT2D eigenvalue weighted by atomic mass is 16.4. The summed E-state index contributed by atoms with van der Waals surface area (Å²) in [4.78, 5) is 23.1. The molecule has 2 aromatic heterocycles. The number of carbonyl (C=O) groups excluding carboxylic acids is 1. The zero-order chi connectivity index (χ0) is 13.2. The van der Waals surface area contributed by atoms with Gasteiger partial charge in [0.2, 0.25) is 5.78 Å². The molecule has 96 valence electrons. The molecule has 19 heavy (non-hydrogen) atoms. The number of hydrogen-bond donors (Lipinski definition) is 2. The fraction of sp³-hybridized carbons (Fsp3) is 0.154. The number of ketones is 1. The minimum absolute atomic E-state index is 0.0493. The Balaban J connectivity index is 1.82. The summed E-state index contributed by atoms with van der Waals surface area (Å²) in [5, 5.41) is 0. The Hall–Kier alpha value is -2.47. The molecule has 6 heteroatoms. The third-order valence-corrected chi connectivity index (χ3v) is 2.84. The zero-order valence-electron chi connectivity index (χ0n) is 10.0. The second-order valence-electron chi connectivity index (χ2n) is 4.24. The van der Waals surface area contributed by atoms with Crippen molar-refractivity contribution >= 4 is 16.9 Å².